The molecule has 7 heteroatoms. The molecule has 148 valence electrons. The minimum absolute atomic E-state index is 0.0958. The van der Waals surface area contributed by atoms with Crippen LogP contribution in [0.2, 0.25) is 0 Å². The van der Waals surface area contributed by atoms with Crippen molar-refractivity contribution < 1.29 is 19.1 Å². The summed E-state index contributed by atoms with van der Waals surface area (Å²) in [5.41, 5.74) is 1.24. The number of benzene rings is 1. The van der Waals surface area contributed by atoms with Crippen LogP contribution >= 0.6 is 15.9 Å². The molecule has 1 heterocycles. The Morgan fingerprint density at radius 1 is 1.22 bits per heavy atom. The molecule has 27 heavy (non-hydrogen) atoms. The summed E-state index contributed by atoms with van der Waals surface area (Å²) < 4.78 is 6.13. The van der Waals surface area contributed by atoms with E-state index in [0.717, 1.165) is 10.0 Å². The molecule has 1 fully saturated rings. The number of piperidine rings is 1. The number of halogens is 1. The number of nitrogens with one attached hydrogen (secondary N) is 1. The van der Waals surface area contributed by atoms with Crippen LogP contribution in [0.1, 0.15) is 39.2 Å². The molecule has 1 aromatic carbocycles. The minimum atomic E-state index is -0.420. The third-order valence-electron chi connectivity index (χ3n) is 4.54. The van der Waals surface area contributed by atoms with Gasteiger partial charge in [-0.15, -0.1) is 0 Å². The Balaban J connectivity index is 1.77. The van der Waals surface area contributed by atoms with Crippen LogP contribution in [0, 0.1) is 18.3 Å². The van der Waals surface area contributed by atoms with Crippen LogP contribution in [0.3, 0.4) is 0 Å². The van der Waals surface area contributed by atoms with Gasteiger partial charge in [-0.1, -0.05) is 36.7 Å². The highest BCUT2D eigenvalue weighted by atomic mass is 79.9. The normalized spacial score (nSPS) is 15.4. The number of hydrogen-bond acceptors (Lipinski definition) is 4. The Labute approximate surface area is 168 Å². The molecule has 2 amide bonds. The van der Waals surface area contributed by atoms with E-state index in [1.165, 1.54) is 0 Å². The van der Waals surface area contributed by atoms with Gasteiger partial charge in [-0.25, -0.2) is 0 Å². The van der Waals surface area contributed by atoms with Crippen molar-refractivity contribution in [2.75, 3.05) is 25.0 Å². The maximum atomic E-state index is 12.3. The monoisotopic (exact) mass is 438 g/mol. The highest BCUT2D eigenvalue weighted by molar-refractivity contribution is 9.10. The van der Waals surface area contributed by atoms with Crippen molar-refractivity contribution in [3.63, 3.8) is 0 Å². The number of likely N-dealkylation sites (tertiary alicyclic amines) is 1. The van der Waals surface area contributed by atoms with E-state index in [-0.39, 0.29) is 30.3 Å². The number of carbonyl (C=O) groups excluding carboxylic acids is 3. The van der Waals surface area contributed by atoms with Gasteiger partial charge in [-0.05, 0) is 43.5 Å². The topological polar surface area (TPSA) is 75.7 Å². The Hall–Kier alpha value is -1.89. The van der Waals surface area contributed by atoms with Gasteiger partial charge in [0, 0.05) is 28.7 Å². The first-order valence-electron chi connectivity index (χ1n) is 9.10. The van der Waals surface area contributed by atoms with Crippen LogP contribution in [-0.2, 0) is 19.1 Å². The minimum Gasteiger partial charge on any atom is -0.455 e. The molecule has 0 spiro atoms. The van der Waals surface area contributed by atoms with Crippen molar-refractivity contribution in [2.45, 2.75) is 40.5 Å². The summed E-state index contributed by atoms with van der Waals surface area (Å²) in [4.78, 5) is 38.3. The number of nitrogens with zero attached hydrogens (tertiary/aromatic N) is 1. The predicted octanol–water partition coefficient (Wildman–Crippen LogP) is 3.52. The predicted molar refractivity (Wildman–Crippen MR) is 107 cm³/mol. The van der Waals surface area contributed by atoms with Crippen molar-refractivity contribution >= 4 is 39.4 Å². The van der Waals surface area contributed by atoms with E-state index in [1.807, 2.05) is 39.8 Å². The van der Waals surface area contributed by atoms with Gasteiger partial charge in [0.25, 0.3) is 5.91 Å². The molecule has 0 saturated carbocycles. The van der Waals surface area contributed by atoms with Gasteiger partial charge in [0.2, 0.25) is 5.91 Å². The lowest BCUT2D eigenvalue weighted by atomic mass is 9.91. The average molecular weight is 439 g/mol. The van der Waals surface area contributed by atoms with Gasteiger partial charge in [0.1, 0.15) is 0 Å². The average Bonchev–Trinajstić information content (AvgIpc) is 2.61. The molecule has 0 bridgehead atoms. The molecule has 0 radical (unpaired) electrons. The van der Waals surface area contributed by atoms with Gasteiger partial charge in [0.15, 0.2) is 6.61 Å². The Kier molecular flexibility index (Phi) is 7.03. The van der Waals surface area contributed by atoms with E-state index in [2.05, 4.69) is 21.2 Å². The molecule has 1 saturated heterocycles. The van der Waals surface area contributed by atoms with Crippen molar-refractivity contribution in [1.29, 1.82) is 0 Å². The number of hydrogen-bond donors (Lipinski definition) is 1. The van der Waals surface area contributed by atoms with Crippen LogP contribution in [0.15, 0.2) is 22.7 Å². The Morgan fingerprint density at radius 3 is 2.41 bits per heavy atom. The Morgan fingerprint density at radius 2 is 1.85 bits per heavy atom. The molecule has 1 aliphatic heterocycles. The molecule has 2 rings (SSSR count). The third-order valence-corrected chi connectivity index (χ3v) is 5.43. The number of esters is 1. The van der Waals surface area contributed by atoms with E-state index in [4.69, 9.17) is 4.74 Å². The van der Waals surface area contributed by atoms with Crippen molar-refractivity contribution in [3.05, 3.63) is 28.2 Å². The van der Waals surface area contributed by atoms with Gasteiger partial charge < -0.3 is 15.0 Å². The molecular formula is C20H27BrN2O4. The maximum Gasteiger partial charge on any atom is 0.309 e. The molecule has 0 aliphatic carbocycles. The second-order valence-corrected chi connectivity index (χ2v) is 8.79. The van der Waals surface area contributed by atoms with E-state index in [1.54, 1.807) is 11.0 Å². The van der Waals surface area contributed by atoms with Crippen LogP contribution in [0.25, 0.3) is 0 Å². The summed E-state index contributed by atoms with van der Waals surface area (Å²) >= 11 is 3.41. The zero-order valence-electron chi connectivity index (χ0n) is 16.3. The van der Waals surface area contributed by atoms with E-state index >= 15 is 0 Å². The lowest BCUT2D eigenvalue weighted by molar-refractivity contribution is -0.155. The quantitative estimate of drug-likeness (QED) is 0.729. The van der Waals surface area contributed by atoms with E-state index in [9.17, 15) is 14.4 Å². The van der Waals surface area contributed by atoms with Crippen LogP contribution in [0.4, 0.5) is 5.69 Å². The summed E-state index contributed by atoms with van der Waals surface area (Å²) in [6, 6.07) is 5.47. The summed E-state index contributed by atoms with van der Waals surface area (Å²) in [5.74, 6) is -0.916. The van der Waals surface area contributed by atoms with Gasteiger partial charge >= 0.3 is 5.97 Å². The van der Waals surface area contributed by atoms with Crippen molar-refractivity contribution in [2.24, 2.45) is 11.3 Å². The highest BCUT2D eigenvalue weighted by Crippen LogP contribution is 2.24. The number of aryl methyl sites for hydroxylation is 1. The molecular weight excluding hydrogens is 412 g/mol. The zero-order chi connectivity index (χ0) is 20.2. The fourth-order valence-electron chi connectivity index (χ4n) is 2.97. The smallest absolute Gasteiger partial charge is 0.309 e. The number of ether oxygens (including phenoxy) is 1. The van der Waals surface area contributed by atoms with Crippen LogP contribution < -0.4 is 5.32 Å². The lowest BCUT2D eigenvalue weighted by Crippen LogP contribution is -2.45. The molecule has 0 aromatic heterocycles. The Bertz CT molecular complexity index is 719. The summed E-state index contributed by atoms with van der Waals surface area (Å²) in [6.07, 6.45) is 1.13. The standard InChI is InChI=1S/C20H27BrN2O4/c1-13-11-15(5-6-16(13)21)22-17(24)12-27-18(25)14-7-9-23(10-8-14)19(26)20(2,3)4/h5-6,11,14H,7-10,12H2,1-4H3,(H,22,24). The first-order valence-corrected chi connectivity index (χ1v) is 9.89. The summed E-state index contributed by atoms with van der Waals surface area (Å²) in [7, 11) is 0. The number of carbonyl (C=O) groups is 3. The number of anilines is 1. The molecule has 1 aliphatic rings. The fourth-order valence-corrected chi connectivity index (χ4v) is 3.21. The lowest BCUT2D eigenvalue weighted by Gasteiger charge is -2.34. The summed E-state index contributed by atoms with van der Waals surface area (Å²) in [6.45, 7) is 8.37. The molecule has 1 N–H and O–H groups in total. The van der Waals surface area contributed by atoms with Gasteiger partial charge in [0.05, 0.1) is 5.92 Å². The van der Waals surface area contributed by atoms with Crippen LogP contribution in [0.5, 0.6) is 0 Å². The highest BCUT2D eigenvalue weighted by Gasteiger charge is 2.33. The SMILES string of the molecule is Cc1cc(NC(=O)COC(=O)C2CCN(C(=O)C(C)(C)C)CC2)ccc1Br. The third kappa shape index (κ3) is 6.06. The zero-order valence-corrected chi connectivity index (χ0v) is 17.9. The summed E-state index contributed by atoms with van der Waals surface area (Å²) in [5, 5.41) is 2.72. The number of rotatable bonds is 4. The van der Waals surface area contributed by atoms with E-state index in [0.29, 0.717) is 31.6 Å². The van der Waals surface area contributed by atoms with Crippen molar-refractivity contribution in [3.8, 4) is 0 Å². The second-order valence-electron chi connectivity index (χ2n) is 7.94. The molecule has 0 unspecified atom stereocenters. The molecule has 0 atom stereocenters. The second kappa shape index (κ2) is 8.87. The first kappa shape index (κ1) is 21.4. The molecule has 6 nitrogen and oxygen atoms in total. The fraction of sp³-hybridized carbons (Fsp3) is 0.550. The van der Waals surface area contributed by atoms with Crippen molar-refractivity contribution in [1.82, 2.24) is 4.90 Å². The van der Waals surface area contributed by atoms with Gasteiger partial charge in [-0.3, -0.25) is 14.4 Å². The first-order chi connectivity index (χ1) is 12.6. The maximum absolute atomic E-state index is 12.3. The van der Waals surface area contributed by atoms with Gasteiger partial charge in [-0.2, -0.15) is 0 Å². The largest absolute Gasteiger partial charge is 0.455 e. The van der Waals surface area contributed by atoms with E-state index < -0.39 is 5.41 Å². The van der Waals surface area contributed by atoms with Crippen LogP contribution in [-0.4, -0.2) is 42.4 Å². The number of amides is 2. The molecule has 1 aromatic rings.